The predicted molar refractivity (Wildman–Crippen MR) is 123 cm³/mol. The minimum Gasteiger partial charge on any atom is -0.341 e. The van der Waals surface area contributed by atoms with Crippen molar-refractivity contribution in [3.05, 3.63) is 59.4 Å². The zero-order valence-electron chi connectivity index (χ0n) is 19.4. The maximum Gasteiger partial charge on any atom is 0.416 e. The van der Waals surface area contributed by atoms with Gasteiger partial charge in [0.25, 0.3) is 0 Å². The van der Waals surface area contributed by atoms with Crippen LogP contribution in [0.15, 0.2) is 47.4 Å². The molecule has 1 heterocycles. The van der Waals surface area contributed by atoms with Crippen molar-refractivity contribution in [2.75, 3.05) is 21.1 Å². The van der Waals surface area contributed by atoms with Gasteiger partial charge in [-0.1, -0.05) is 12.1 Å². The number of sulfonamides is 1. The first-order chi connectivity index (χ1) is 15.8. The number of halogens is 3. The van der Waals surface area contributed by atoms with E-state index in [4.69, 9.17) is 0 Å². The lowest BCUT2D eigenvalue weighted by atomic mass is 10.1. The molecule has 1 amide bonds. The molecule has 0 bridgehead atoms. The van der Waals surface area contributed by atoms with Gasteiger partial charge in [-0.3, -0.25) is 4.79 Å². The highest BCUT2D eigenvalue weighted by molar-refractivity contribution is 7.89. The van der Waals surface area contributed by atoms with Crippen LogP contribution in [-0.2, 0) is 40.5 Å². The number of carbonyl (C=O) groups excluding carboxylic acids is 1. The van der Waals surface area contributed by atoms with Gasteiger partial charge in [0.15, 0.2) is 0 Å². The molecule has 1 aromatic heterocycles. The number of aryl methyl sites for hydroxylation is 2. The number of carbonyl (C=O) groups is 1. The van der Waals surface area contributed by atoms with E-state index in [0.29, 0.717) is 29.9 Å². The number of amides is 1. The van der Waals surface area contributed by atoms with Gasteiger partial charge in [-0.2, -0.15) is 13.2 Å². The number of hydrogen-bond donors (Lipinski definition) is 0. The van der Waals surface area contributed by atoms with E-state index in [1.54, 1.807) is 19.2 Å². The monoisotopic (exact) mass is 496 g/mol. The molecule has 7 nitrogen and oxygen atoms in total. The summed E-state index contributed by atoms with van der Waals surface area (Å²) < 4.78 is 66.7. The molecule has 11 heteroatoms. The molecular formula is C23H27F3N4O3S. The molecule has 3 aromatic rings. The summed E-state index contributed by atoms with van der Waals surface area (Å²) in [6, 6.07) is 9.66. The standard InChI is InChI=1S/C23H27F3N4O3S/c1-5-30-20-10-9-18(34(32,33)28(2)3)14-19(20)27-21(30)11-12-22(31)29(4)15-16-7-6-8-17(13-16)23(24,25)26/h6-10,13-14H,5,11-12,15H2,1-4H3. The second-order valence-corrected chi connectivity index (χ2v) is 10.3. The van der Waals surface area contributed by atoms with Crippen LogP contribution < -0.4 is 0 Å². The second kappa shape index (κ2) is 9.75. The first-order valence-corrected chi connectivity index (χ1v) is 12.1. The van der Waals surface area contributed by atoms with Crippen LogP contribution in [0.25, 0.3) is 11.0 Å². The van der Waals surface area contributed by atoms with Gasteiger partial charge >= 0.3 is 6.18 Å². The van der Waals surface area contributed by atoms with Gasteiger partial charge < -0.3 is 9.47 Å². The molecule has 0 fully saturated rings. The number of nitrogens with zero attached hydrogens (tertiary/aromatic N) is 4. The third-order valence-electron chi connectivity index (χ3n) is 5.56. The van der Waals surface area contributed by atoms with Crippen LogP contribution in [0, 0.1) is 0 Å². The number of aromatic nitrogens is 2. The third-order valence-corrected chi connectivity index (χ3v) is 7.37. The van der Waals surface area contributed by atoms with Crippen molar-refractivity contribution in [2.45, 2.75) is 43.9 Å². The Kier molecular flexibility index (Phi) is 7.37. The normalized spacial score (nSPS) is 12.5. The van der Waals surface area contributed by atoms with Crippen molar-refractivity contribution >= 4 is 27.0 Å². The van der Waals surface area contributed by atoms with Crippen molar-refractivity contribution in [1.29, 1.82) is 0 Å². The molecule has 34 heavy (non-hydrogen) atoms. The zero-order valence-corrected chi connectivity index (χ0v) is 20.2. The number of hydrogen-bond acceptors (Lipinski definition) is 4. The van der Waals surface area contributed by atoms with E-state index in [1.807, 2.05) is 11.5 Å². The van der Waals surface area contributed by atoms with Crippen LogP contribution in [0.1, 0.15) is 30.3 Å². The molecule has 0 radical (unpaired) electrons. The summed E-state index contributed by atoms with van der Waals surface area (Å²) in [5, 5.41) is 0. The highest BCUT2D eigenvalue weighted by Crippen LogP contribution is 2.30. The summed E-state index contributed by atoms with van der Waals surface area (Å²) >= 11 is 0. The molecule has 2 aromatic carbocycles. The molecule has 0 spiro atoms. The quantitative estimate of drug-likeness (QED) is 0.474. The van der Waals surface area contributed by atoms with E-state index in [0.717, 1.165) is 22.0 Å². The van der Waals surface area contributed by atoms with Crippen LogP contribution in [0.4, 0.5) is 13.2 Å². The summed E-state index contributed by atoms with van der Waals surface area (Å²) in [5.41, 5.74) is 0.920. The number of imidazole rings is 1. The maximum absolute atomic E-state index is 12.9. The number of rotatable bonds is 8. The van der Waals surface area contributed by atoms with E-state index in [-0.39, 0.29) is 23.8 Å². The number of benzene rings is 2. The molecule has 184 valence electrons. The Morgan fingerprint density at radius 2 is 1.79 bits per heavy atom. The predicted octanol–water partition coefficient (Wildman–Crippen LogP) is 3.92. The fourth-order valence-electron chi connectivity index (χ4n) is 3.69. The molecular weight excluding hydrogens is 469 g/mol. The van der Waals surface area contributed by atoms with Gasteiger partial charge in [0, 0.05) is 47.1 Å². The average molecular weight is 497 g/mol. The van der Waals surface area contributed by atoms with Gasteiger partial charge in [0.2, 0.25) is 15.9 Å². The summed E-state index contributed by atoms with van der Waals surface area (Å²) in [7, 11) is 0.851. The van der Waals surface area contributed by atoms with Crippen LogP contribution >= 0.6 is 0 Å². The fraction of sp³-hybridized carbons (Fsp3) is 0.391. The molecule has 0 atom stereocenters. The first-order valence-electron chi connectivity index (χ1n) is 10.7. The first kappa shape index (κ1) is 25.7. The molecule has 0 aliphatic heterocycles. The molecule has 0 aliphatic rings. The van der Waals surface area contributed by atoms with E-state index >= 15 is 0 Å². The van der Waals surface area contributed by atoms with Gasteiger partial charge in [0.1, 0.15) is 5.82 Å². The highest BCUT2D eigenvalue weighted by Gasteiger charge is 2.30. The molecule has 0 N–H and O–H groups in total. The largest absolute Gasteiger partial charge is 0.416 e. The Morgan fingerprint density at radius 1 is 1.09 bits per heavy atom. The summed E-state index contributed by atoms with van der Waals surface area (Å²) in [4.78, 5) is 18.7. The van der Waals surface area contributed by atoms with Crippen LogP contribution in [-0.4, -0.2) is 54.2 Å². The third kappa shape index (κ3) is 5.41. The topological polar surface area (TPSA) is 75.5 Å². The van der Waals surface area contributed by atoms with Gasteiger partial charge in [0.05, 0.1) is 21.5 Å². The summed E-state index contributed by atoms with van der Waals surface area (Å²) in [5.74, 6) is 0.403. The van der Waals surface area contributed by atoms with Crippen LogP contribution in [0.3, 0.4) is 0 Å². The molecule has 0 saturated carbocycles. The van der Waals surface area contributed by atoms with Crippen molar-refractivity contribution in [3.8, 4) is 0 Å². The van der Waals surface area contributed by atoms with E-state index in [9.17, 15) is 26.4 Å². The van der Waals surface area contributed by atoms with Gasteiger partial charge in [-0.25, -0.2) is 17.7 Å². The maximum atomic E-state index is 12.9. The molecule has 3 rings (SSSR count). The van der Waals surface area contributed by atoms with Crippen molar-refractivity contribution < 1.29 is 26.4 Å². The lowest BCUT2D eigenvalue weighted by Crippen LogP contribution is -2.26. The van der Waals surface area contributed by atoms with Gasteiger partial charge in [-0.05, 0) is 42.8 Å². The Labute approximate surface area is 196 Å². The Morgan fingerprint density at radius 3 is 2.41 bits per heavy atom. The average Bonchev–Trinajstić information content (AvgIpc) is 3.13. The SMILES string of the molecule is CCn1c(CCC(=O)N(C)Cc2cccc(C(F)(F)F)c2)nc2cc(S(=O)(=O)N(C)C)ccc21. The second-order valence-electron chi connectivity index (χ2n) is 8.16. The smallest absolute Gasteiger partial charge is 0.341 e. The van der Waals surface area contributed by atoms with E-state index < -0.39 is 21.8 Å². The lowest BCUT2D eigenvalue weighted by molar-refractivity contribution is -0.137. The Bertz CT molecular complexity index is 1300. The zero-order chi connectivity index (χ0) is 25.3. The molecule has 0 saturated heterocycles. The van der Waals surface area contributed by atoms with Crippen molar-refractivity contribution in [1.82, 2.24) is 18.8 Å². The van der Waals surface area contributed by atoms with Gasteiger partial charge in [-0.15, -0.1) is 0 Å². The number of alkyl halides is 3. The lowest BCUT2D eigenvalue weighted by Gasteiger charge is -2.18. The van der Waals surface area contributed by atoms with Crippen LogP contribution in [0.5, 0.6) is 0 Å². The summed E-state index contributed by atoms with van der Waals surface area (Å²) in [6.45, 7) is 2.56. The number of fused-ring (bicyclic) bond motifs is 1. The summed E-state index contributed by atoms with van der Waals surface area (Å²) in [6.07, 6.45) is -4.02. The van der Waals surface area contributed by atoms with E-state index in [1.165, 1.54) is 37.2 Å². The Balaban J connectivity index is 1.74. The van der Waals surface area contributed by atoms with Crippen molar-refractivity contribution in [2.24, 2.45) is 0 Å². The fourth-order valence-corrected chi connectivity index (χ4v) is 4.61. The molecule has 0 unspecified atom stereocenters. The van der Waals surface area contributed by atoms with E-state index in [2.05, 4.69) is 4.98 Å². The minimum atomic E-state index is -4.44. The Hall–Kier alpha value is -2.92. The van der Waals surface area contributed by atoms with Crippen molar-refractivity contribution in [3.63, 3.8) is 0 Å². The molecule has 0 aliphatic carbocycles. The van der Waals surface area contributed by atoms with Crippen LogP contribution in [0.2, 0.25) is 0 Å². The minimum absolute atomic E-state index is 0.0543. The highest BCUT2D eigenvalue weighted by atomic mass is 32.2.